The molecule has 1 fully saturated rings. The van der Waals surface area contributed by atoms with Gasteiger partial charge in [0.1, 0.15) is 11.0 Å². The maximum absolute atomic E-state index is 14.4. The molecule has 2 aliphatic heterocycles. The third kappa shape index (κ3) is 3.89. The van der Waals surface area contributed by atoms with Crippen molar-refractivity contribution in [2.24, 2.45) is 0 Å². The lowest BCUT2D eigenvalue weighted by Crippen LogP contribution is -2.63. The molecule has 178 valence electrons. The van der Waals surface area contributed by atoms with Gasteiger partial charge < -0.3 is 10.1 Å². The molecule has 1 spiro atoms. The number of nitrogens with one attached hydrogen (secondary N) is 1. The molecule has 0 unspecified atom stereocenters. The summed E-state index contributed by atoms with van der Waals surface area (Å²) in [7, 11) is 0. The highest BCUT2D eigenvalue weighted by atomic mass is 35.5. The molecule has 3 atom stereocenters. The topological polar surface area (TPSA) is 75.7 Å². The summed E-state index contributed by atoms with van der Waals surface area (Å²) in [6.07, 6.45) is -0.778. The van der Waals surface area contributed by atoms with Gasteiger partial charge in [0, 0.05) is 22.4 Å². The van der Waals surface area contributed by atoms with Crippen molar-refractivity contribution in [2.45, 2.75) is 57.1 Å². The Morgan fingerprint density at radius 3 is 2.44 bits per heavy atom. The fraction of sp³-hybridized carbons (Fsp3) is 0.346. The average molecular weight is 501 g/mol. The quantitative estimate of drug-likeness (QED) is 0.531. The first-order valence-corrected chi connectivity index (χ1v) is 11.7. The number of amides is 3. The number of ether oxygens (including phenoxy) is 1. The molecule has 1 N–H and O–H groups in total. The number of piperidine rings is 1. The fourth-order valence-electron chi connectivity index (χ4n) is 5.05. The van der Waals surface area contributed by atoms with Crippen LogP contribution in [0.15, 0.2) is 54.6 Å². The third-order valence-corrected chi connectivity index (χ3v) is 6.69. The highest BCUT2D eigenvalue weighted by Crippen LogP contribution is 2.56. The summed E-state index contributed by atoms with van der Waals surface area (Å²) < 4.78 is 5.59. The van der Waals surface area contributed by atoms with Gasteiger partial charge in [-0.1, -0.05) is 53.6 Å². The maximum Gasteiger partial charge on any atom is 0.421 e. The van der Waals surface area contributed by atoms with Gasteiger partial charge in [-0.05, 0) is 63.1 Å². The molecule has 2 aliphatic rings. The van der Waals surface area contributed by atoms with Crippen molar-refractivity contribution in [1.29, 1.82) is 0 Å². The first-order chi connectivity index (χ1) is 15.9. The summed E-state index contributed by atoms with van der Waals surface area (Å²) >= 11 is 12.6. The van der Waals surface area contributed by atoms with Crippen LogP contribution < -0.4 is 10.2 Å². The van der Waals surface area contributed by atoms with E-state index in [1.54, 1.807) is 64.1 Å². The SMILES string of the molecule is C=C(C)[C@H]1NC(=O)C[C@@H](c2cccc(Cl)c2)[C@]12C(=O)N(C(=O)OC(C)(C)C)c1cc(Cl)ccc12. The summed E-state index contributed by atoms with van der Waals surface area (Å²) in [6, 6.07) is 11.3. The minimum Gasteiger partial charge on any atom is -0.443 e. The molecular weight excluding hydrogens is 475 g/mol. The number of anilines is 1. The first-order valence-electron chi connectivity index (χ1n) is 10.9. The monoisotopic (exact) mass is 500 g/mol. The van der Waals surface area contributed by atoms with E-state index in [4.69, 9.17) is 27.9 Å². The van der Waals surface area contributed by atoms with E-state index in [-0.39, 0.29) is 12.3 Å². The van der Waals surface area contributed by atoms with Crippen LogP contribution in [0.25, 0.3) is 0 Å². The second-order valence-electron chi connectivity index (χ2n) is 9.81. The molecule has 2 heterocycles. The number of benzene rings is 2. The third-order valence-electron chi connectivity index (χ3n) is 6.22. The molecule has 3 amide bonds. The van der Waals surface area contributed by atoms with E-state index < -0.39 is 35.0 Å². The molecule has 4 rings (SSSR count). The molecule has 1 saturated heterocycles. The Bertz CT molecular complexity index is 1220. The largest absolute Gasteiger partial charge is 0.443 e. The van der Waals surface area contributed by atoms with Crippen molar-refractivity contribution >= 4 is 46.8 Å². The normalized spacial score (nSPS) is 24.1. The van der Waals surface area contributed by atoms with Crippen LogP contribution in [0.3, 0.4) is 0 Å². The summed E-state index contributed by atoms with van der Waals surface area (Å²) in [5.41, 5.74) is 0.0368. The fourth-order valence-corrected chi connectivity index (χ4v) is 5.42. The lowest BCUT2D eigenvalue weighted by atomic mass is 9.59. The van der Waals surface area contributed by atoms with Crippen LogP contribution in [-0.4, -0.2) is 29.6 Å². The van der Waals surface area contributed by atoms with Gasteiger partial charge in [-0.3, -0.25) is 9.59 Å². The maximum atomic E-state index is 14.4. The van der Waals surface area contributed by atoms with Gasteiger partial charge in [0.15, 0.2) is 0 Å². The van der Waals surface area contributed by atoms with Crippen LogP contribution in [0.4, 0.5) is 10.5 Å². The van der Waals surface area contributed by atoms with Crippen LogP contribution in [-0.2, 0) is 19.7 Å². The second kappa shape index (κ2) is 8.43. The van der Waals surface area contributed by atoms with Gasteiger partial charge in [0.25, 0.3) is 0 Å². The standard InChI is InChI=1S/C26H26Cl2N2O4/c1-14(2)22-26(19(13-21(31)29-22)15-7-6-8-16(27)11-15)18-10-9-17(28)12-20(18)30(23(26)32)24(33)34-25(3,4)5/h6-12,19,22H,1,13H2,2-5H3,(H,29,31)/t19-,22+,26-/m0/s1. The Morgan fingerprint density at radius 1 is 1.15 bits per heavy atom. The van der Waals surface area contributed by atoms with Gasteiger partial charge in [-0.2, -0.15) is 0 Å². The number of fused-ring (bicyclic) bond motifs is 2. The molecule has 0 bridgehead atoms. The minimum atomic E-state index is -1.35. The zero-order valence-electron chi connectivity index (χ0n) is 19.4. The van der Waals surface area contributed by atoms with E-state index in [1.807, 2.05) is 6.07 Å². The Morgan fingerprint density at radius 2 is 1.82 bits per heavy atom. The summed E-state index contributed by atoms with van der Waals surface area (Å²) in [6.45, 7) is 11.0. The van der Waals surface area contributed by atoms with E-state index in [0.29, 0.717) is 32.4 Å². The van der Waals surface area contributed by atoms with Gasteiger partial charge in [0.2, 0.25) is 11.8 Å². The predicted octanol–water partition coefficient (Wildman–Crippen LogP) is 5.76. The molecule has 0 radical (unpaired) electrons. The van der Waals surface area contributed by atoms with Crippen LogP contribution in [0, 0.1) is 0 Å². The summed E-state index contributed by atoms with van der Waals surface area (Å²) in [5.74, 6) is -1.33. The number of hydrogen-bond donors (Lipinski definition) is 1. The van der Waals surface area contributed by atoms with Crippen molar-refractivity contribution < 1.29 is 19.1 Å². The average Bonchev–Trinajstić information content (AvgIpc) is 2.96. The van der Waals surface area contributed by atoms with Crippen molar-refractivity contribution in [3.05, 3.63) is 75.8 Å². The van der Waals surface area contributed by atoms with Crippen molar-refractivity contribution in [3.63, 3.8) is 0 Å². The van der Waals surface area contributed by atoms with Crippen LogP contribution in [0.2, 0.25) is 10.0 Å². The molecule has 34 heavy (non-hydrogen) atoms. The number of imide groups is 1. The molecular formula is C26H26Cl2N2O4. The van der Waals surface area contributed by atoms with Gasteiger partial charge in [0.05, 0.1) is 11.7 Å². The number of rotatable bonds is 2. The zero-order valence-corrected chi connectivity index (χ0v) is 21.0. The van der Waals surface area contributed by atoms with Crippen molar-refractivity contribution in [2.75, 3.05) is 4.90 Å². The van der Waals surface area contributed by atoms with Crippen LogP contribution in [0.5, 0.6) is 0 Å². The molecule has 2 aromatic rings. The van der Waals surface area contributed by atoms with E-state index >= 15 is 0 Å². The smallest absolute Gasteiger partial charge is 0.421 e. The molecule has 0 saturated carbocycles. The van der Waals surface area contributed by atoms with Gasteiger partial charge in [-0.25, -0.2) is 9.69 Å². The number of halogens is 2. The molecule has 8 heteroatoms. The molecule has 0 aromatic heterocycles. The Hall–Kier alpha value is -2.83. The highest BCUT2D eigenvalue weighted by Gasteiger charge is 2.64. The molecule has 0 aliphatic carbocycles. The number of hydrogen-bond acceptors (Lipinski definition) is 4. The minimum absolute atomic E-state index is 0.0279. The van der Waals surface area contributed by atoms with Gasteiger partial charge in [-0.15, -0.1) is 0 Å². The van der Waals surface area contributed by atoms with Gasteiger partial charge >= 0.3 is 6.09 Å². The van der Waals surface area contributed by atoms with Crippen LogP contribution in [0.1, 0.15) is 51.2 Å². The predicted molar refractivity (Wildman–Crippen MR) is 132 cm³/mol. The number of carbonyl (C=O) groups excluding carboxylic acids is 3. The van der Waals surface area contributed by atoms with Crippen molar-refractivity contribution in [1.82, 2.24) is 5.32 Å². The Kier molecular flexibility index (Phi) is 6.03. The second-order valence-corrected chi connectivity index (χ2v) is 10.7. The lowest BCUT2D eigenvalue weighted by Gasteiger charge is -2.46. The summed E-state index contributed by atoms with van der Waals surface area (Å²) in [5, 5.41) is 3.80. The highest BCUT2D eigenvalue weighted by molar-refractivity contribution is 6.32. The Balaban J connectivity index is 2.02. The van der Waals surface area contributed by atoms with Crippen molar-refractivity contribution in [3.8, 4) is 0 Å². The zero-order chi connectivity index (χ0) is 25.0. The first kappa shape index (κ1) is 24.3. The Labute approximate surface area is 208 Å². The van der Waals surface area contributed by atoms with Crippen LogP contribution >= 0.6 is 23.2 Å². The van der Waals surface area contributed by atoms with E-state index in [1.165, 1.54) is 0 Å². The van der Waals surface area contributed by atoms with E-state index in [0.717, 1.165) is 4.90 Å². The summed E-state index contributed by atoms with van der Waals surface area (Å²) in [4.78, 5) is 41.6. The lowest BCUT2D eigenvalue weighted by molar-refractivity contribution is -0.131. The number of nitrogens with zero attached hydrogens (tertiary/aromatic N) is 1. The van der Waals surface area contributed by atoms with E-state index in [2.05, 4.69) is 11.9 Å². The van der Waals surface area contributed by atoms with E-state index in [9.17, 15) is 14.4 Å². The molecule has 6 nitrogen and oxygen atoms in total. The molecule has 2 aromatic carbocycles. The number of carbonyl (C=O) groups is 3.